The molecule has 0 aromatic carbocycles. The third kappa shape index (κ3) is 1.61. The summed E-state index contributed by atoms with van der Waals surface area (Å²) in [5.74, 6) is 0. The van der Waals surface area contributed by atoms with E-state index >= 15 is 0 Å². The molecule has 0 saturated carbocycles. The molecule has 3 heteroatoms. The van der Waals surface area contributed by atoms with Crippen LogP contribution in [0.15, 0.2) is 12.4 Å². The van der Waals surface area contributed by atoms with Crippen molar-refractivity contribution in [3.05, 3.63) is 23.8 Å². The fourth-order valence-corrected chi connectivity index (χ4v) is 1.14. The number of aryl methyl sites for hydroxylation is 1. The molecule has 0 aliphatic rings. The summed E-state index contributed by atoms with van der Waals surface area (Å²) < 4.78 is 0. The molecule has 0 spiro atoms. The van der Waals surface area contributed by atoms with Crippen LogP contribution in [-0.2, 0) is 5.54 Å². The number of aromatic nitrogens is 2. The van der Waals surface area contributed by atoms with E-state index in [1.54, 1.807) is 12.4 Å². The van der Waals surface area contributed by atoms with E-state index in [9.17, 15) is 0 Å². The molecular weight excluding hydrogens is 150 g/mol. The van der Waals surface area contributed by atoms with Crippen LogP contribution in [0.3, 0.4) is 0 Å². The van der Waals surface area contributed by atoms with Gasteiger partial charge in [-0.25, -0.2) is 0 Å². The van der Waals surface area contributed by atoms with E-state index in [-0.39, 0.29) is 5.54 Å². The normalized spacial score (nSPS) is 15.7. The van der Waals surface area contributed by atoms with Crippen molar-refractivity contribution in [1.29, 1.82) is 0 Å². The van der Waals surface area contributed by atoms with Crippen LogP contribution in [0.2, 0.25) is 0 Å². The summed E-state index contributed by atoms with van der Waals surface area (Å²) in [6, 6.07) is 0. The summed E-state index contributed by atoms with van der Waals surface area (Å²) in [4.78, 5) is 8.38. The van der Waals surface area contributed by atoms with Gasteiger partial charge in [-0.15, -0.1) is 0 Å². The highest BCUT2D eigenvalue weighted by Gasteiger charge is 2.22. The van der Waals surface area contributed by atoms with E-state index < -0.39 is 0 Å². The predicted octanol–water partition coefficient (Wildman–Crippen LogP) is 1.37. The number of hydrogen-bond donors (Lipinski definition) is 1. The van der Waals surface area contributed by atoms with Gasteiger partial charge in [0.2, 0.25) is 0 Å². The van der Waals surface area contributed by atoms with Crippen LogP contribution in [0, 0.1) is 6.92 Å². The molecule has 1 aromatic rings. The van der Waals surface area contributed by atoms with Crippen LogP contribution in [0.25, 0.3) is 0 Å². The summed E-state index contributed by atoms with van der Waals surface area (Å²) in [5, 5.41) is 0. The van der Waals surface area contributed by atoms with E-state index in [0.29, 0.717) is 0 Å². The highest BCUT2D eigenvalue weighted by Crippen LogP contribution is 2.20. The van der Waals surface area contributed by atoms with Crippen molar-refractivity contribution in [2.24, 2.45) is 5.73 Å². The average Bonchev–Trinajstić information content (AvgIpc) is 2.05. The smallest absolute Gasteiger partial charge is 0.0811 e. The van der Waals surface area contributed by atoms with E-state index in [0.717, 1.165) is 17.8 Å². The number of rotatable bonds is 2. The highest BCUT2D eigenvalue weighted by molar-refractivity contribution is 5.17. The van der Waals surface area contributed by atoms with Crippen molar-refractivity contribution in [2.75, 3.05) is 0 Å². The molecule has 0 amide bonds. The second-order valence-corrected chi connectivity index (χ2v) is 3.26. The lowest BCUT2D eigenvalue weighted by Crippen LogP contribution is -2.34. The van der Waals surface area contributed by atoms with E-state index in [2.05, 4.69) is 9.97 Å². The van der Waals surface area contributed by atoms with Gasteiger partial charge >= 0.3 is 0 Å². The maximum Gasteiger partial charge on any atom is 0.0811 e. The third-order valence-corrected chi connectivity index (χ3v) is 2.16. The van der Waals surface area contributed by atoms with Gasteiger partial charge in [-0.2, -0.15) is 0 Å². The molecule has 1 atom stereocenters. The monoisotopic (exact) mass is 165 g/mol. The van der Waals surface area contributed by atoms with Crippen molar-refractivity contribution < 1.29 is 0 Å². The maximum absolute atomic E-state index is 6.04. The molecule has 2 N–H and O–H groups in total. The standard InChI is InChI=1S/C9H15N3/c1-4-9(3,10)8-7(2)11-5-6-12-8/h5-6H,4,10H2,1-3H3/t9-/m1/s1. The molecule has 0 unspecified atom stereocenters. The first-order valence-corrected chi connectivity index (χ1v) is 4.15. The topological polar surface area (TPSA) is 51.8 Å². The molecule has 0 bridgehead atoms. The first-order chi connectivity index (χ1) is 5.58. The van der Waals surface area contributed by atoms with Gasteiger partial charge in [-0.3, -0.25) is 9.97 Å². The van der Waals surface area contributed by atoms with Crippen LogP contribution in [0.5, 0.6) is 0 Å². The molecule has 0 aliphatic carbocycles. The molecule has 1 heterocycles. The summed E-state index contributed by atoms with van der Waals surface area (Å²) >= 11 is 0. The lowest BCUT2D eigenvalue weighted by atomic mass is 9.94. The van der Waals surface area contributed by atoms with Crippen molar-refractivity contribution in [1.82, 2.24) is 9.97 Å². The van der Waals surface area contributed by atoms with Crippen molar-refractivity contribution in [2.45, 2.75) is 32.7 Å². The first-order valence-electron chi connectivity index (χ1n) is 4.15. The van der Waals surface area contributed by atoms with Gasteiger partial charge in [0.05, 0.1) is 16.9 Å². The minimum absolute atomic E-state index is 0.349. The molecule has 66 valence electrons. The zero-order chi connectivity index (χ0) is 9.19. The Morgan fingerprint density at radius 3 is 2.50 bits per heavy atom. The zero-order valence-corrected chi connectivity index (χ0v) is 7.83. The summed E-state index contributed by atoms with van der Waals surface area (Å²) in [7, 11) is 0. The molecule has 1 rings (SSSR count). The molecule has 12 heavy (non-hydrogen) atoms. The summed E-state index contributed by atoms with van der Waals surface area (Å²) in [5.41, 5.74) is 7.50. The first kappa shape index (κ1) is 9.13. The SMILES string of the molecule is CC[C@@](C)(N)c1nccnc1C. The van der Waals surface area contributed by atoms with Gasteiger partial charge in [0.15, 0.2) is 0 Å². The minimum atomic E-state index is -0.349. The van der Waals surface area contributed by atoms with E-state index in [4.69, 9.17) is 5.73 Å². The molecule has 1 aromatic heterocycles. The Hall–Kier alpha value is -0.960. The Labute approximate surface area is 73.0 Å². The Morgan fingerprint density at radius 2 is 2.00 bits per heavy atom. The van der Waals surface area contributed by atoms with Crippen molar-refractivity contribution in [3.8, 4) is 0 Å². The minimum Gasteiger partial charge on any atom is -0.320 e. The molecule has 3 nitrogen and oxygen atoms in total. The summed E-state index contributed by atoms with van der Waals surface area (Å²) in [6.07, 6.45) is 4.24. The van der Waals surface area contributed by atoms with Crippen LogP contribution in [-0.4, -0.2) is 9.97 Å². The maximum atomic E-state index is 6.04. The predicted molar refractivity (Wildman–Crippen MR) is 48.6 cm³/mol. The quantitative estimate of drug-likeness (QED) is 0.720. The fraction of sp³-hybridized carbons (Fsp3) is 0.556. The largest absolute Gasteiger partial charge is 0.320 e. The van der Waals surface area contributed by atoms with E-state index in [1.165, 1.54) is 0 Å². The fourth-order valence-electron chi connectivity index (χ4n) is 1.14. The van der Waals surface area contributed by atoms with Crippen LogP contribution in [0.1, 0.15) is 31.7 Å². The van der Waals surface area contributed by atoms with Crippen LogP contribution < -0.4 is 5.73 Å². The van der Waals surface area contributed by atoms with E-state index in [1.807, 2.05) is 20.8 Å². The summed E-state index contributed by atoms with van der Waals surface area (Å²) in [6.45, 7) is 5.96. The molecule has 0 fully saturated rings. The molecule has 0 saturated heterocycles. The Kier molecular flexibility index (Phi) is 2.43. The Morgan fingerprint density at radius 1 is 1.42 bits per heavy atom. The highest BCUT2D eigenvalue weighted by atomic mass is 14.9. The molecule has 0 aliphatic heterocycles. The molecule has 0 radical (unpaired) electrons. The van der Waals surface area contributed by atoms with Gasteiger partial charge in [-0.05, 0) is 20.3 Å². The van der Waals surface area contributed by atoms with Gasteiger partial charge < -0.3 is 5.73 Å². The second kappa shape index (κ2) is 3.19. The molecular formula is C9H15N3. The zero-order valence-electron chi connectivity index (χ0n) is 7.83. The lowest BCUT2D eigenvalue weighted by Gasteiger charge is -2.22. The Balaban J connectivity index is 3.10. The van der Waals surface area contributed by atoms with Gasteiger partial charge in [-0.1, -0.05) is 6.92 Å². The number of hydrogen-bond acceptors (Lipinski definition) is 3. The van der Waals surface area contributed by atoms with Crippen LogP contribution in [0.4, 0.5) is 0 Å². The Bertz CT molecular complexity index is 268. The third-order valence-electron chi connectivity index (χ3n) is 2.16. The number of nitrogens with zero attached hydrogens (tertiary/aromatic N) is 2. The van der Waals surface area contributed by atoms with Crippen molar-refractivity contribution >= 4 is 0 Å². The average molecular weight is 165 g/mol. The van der Waals surface area contributed by atoms with Gasteiger partial charge in [0.1, 0.15) is 0 Å². The number of nitrogens with two attached hydrogens (primary N) is 1. The van der Waals surface area contributed by atoms with Gasteiger partial charge in [0, 0.05) is 12.4 Å². The van der Waals surface area contributed by atoms with Crippen molar-refractivity contribution in [3.63, 3.8) is 0 Å². The van der Waals surface area contributed by atoms with Gasteiger partial charge in [0.25, 0.3) is 0 Å². The lowest BCUT2D eigenvalue weighted by molar-refractivity contribution is 0.456. The second-order valence-electron chi connectivity index (χ2n) is 3.26. The van der Waals surface area contributed by atoms with Crippen LogP contribution >= 0.6 is 0 Å².